The molecule has 0 atom stereocenters. The Morgan fingerprint density at radius 1 is 1.17 bits per heavy atom. The SMILES string of the molecule is Cc1nc(SCC(=O)c2c(C)[nH]c3ccccc23)c2ccsc2n1. The fraction of sp³-hybridized carbons (Fsp3) is 0.167. The lowest BCUT2D eigenvalue weighted by atomic mass is 10.1. The van der Waals surface area contributed by atoms with Crippen LogP contribution in [0.4, 0.5) is 0 Å². The maximum Gasteiger partial charge on any atom is 0.175 e. The molecule has 4 rings (SSSR count). The minimum Gasteiger partial charge on any atom is -0.358 e. The number of Topliss-reactive ketones (excluding diaryl/α,β-unsaturated/α-hetero) is 1. The van der Waals surface area contributed by atoms with Crippen molar-refractivity contribution in [1.82, 2.24) is 15.0 Å². The predicted octanol–water partition coefficient (Wildman–Crippen LogP) is 4.76. The summed E-state index contributed by atoms with van der Waals surface area (Å²) in [5.41, 5.74) is 2.70. The smallest absolute Gasteiger partial charge is 0.175 e. The van der Waals surface area contributed by atoms with Crippen LogP contribution in [0.15, 0.2) is 40.7 Å². The monoisotopic (exact) mass is 353 g/mol. The first kappa shape index (κ1) is 15.4. The van der Waals surface area contributed by atoms with Gasteiger partial charge in [0.1, 0.15) is 15.7 Å². The minimum absolute atomic E-state index is 0.120. The number of nitrogens with one attached hydrogen (secondary N) is 1. The van der Waals surface area contributed by atoms with Gasteiger partial charge in [-0.15, -0.1) is 11.3 Å². The van der Waals surface area contributed by atoms with E-state index in [2.05, 4.69) is 15.0 Å². The number of para-hydroxylation sites is 1. The number of aryl methyl sites for hydroxylation is 2. The van der Waals surface area contributed by atoms with Crippen LogP contribution < -0.4 is 0 Å². The number of hydrogen-bond acceptors (Lipinski definition) is 5. The van der Waals surface area contributed by atoms with E-state index in [0.29, 0.717) is 5.75 Å². The number of H-pyrrole nitrogens is 1. The molecule has 0 aliphatic heterocycles. The third-order valence-corrected chi connectivity index (χ3v) is 5.71. The Labute approximate surface area is 147 Å². The normalized spacial score (nSPS) is 11.4. The Balaban J connectivity index is 1.64. The molecule has 4 nitrogen and oxygen atoms in total. The van der Waals surface area contributed by atoms with Gasteiger partial charge >= 0.3 is 0 Å². The number of hydrogen-bond donors (Lipinski definition) is 1. The number of carbonyl (C=O) groups is 1. The predicted molar refractivity (Wildman–Crippen MR) is 100 cm³/mol. The topological polar surface area (TPSA) is 58.6 Å². The van der Waals surface area contributed by atoms with Gasteiger partial charge in [0.25, 0.3) is 0 Å². The second-order valence-corrected chi connectivity index (χ2v) is 7.46. The van der Waals surface area contributed by atoms with Crippen LogP contribution in [0.5, 0.6) is 0 Å². The highest BCUT2D eigenvalue weighted by molar-refractivity contribution is 8.00. The van der Waals surface area contributed by atoms with Crippen molar-refractivity contribution >= 4 is 50.0 Å². The summed E-state index contributed by atoms with van der Waals surface area (Å²) in [7, 11) is 0. The average Bonchev–Trinajstić information content (AvgIpc) is 3.15. The van der Waals surface area contributed by atoms with Crippen LogP contribution in [0, 0.1) is 13.8 Å². The molecule has 1 N–H and O–H groups in total. The van der Waals surface area contributed by atoms with E-state index in [-0.39, 0.29) is 5.78 Å². The van der Waals surface area contributed by atoms with Crippen molar-refractivity contribution in [3.05, 3.63) is 52.8 Å². The van der Waals surface area contributed by atoms with Gasteiger partial charge in [0.05, 0.1) is 5.75 Å². The minimum atomic E-state index is 0.120. The van der Waals surface area contributed by atoms with Crippen molar-refractivity contribution in [2.24, 2.45) is 0 Å². The lowest BCUT2D eigenvalue weighted by Crippen LogP contribution is -2.04. The molecule has 0 aliphatic carbocycles. The molecule has 1 aromatic carbocycles. The van der Waals surface area contributed by atoms with Gasteiger partial charge in [-0.1, -0.05) is 30.0 Å². The molecule has 0 unspecified atom stereocenters. The summed E-state index contributed by atoms with van der Waals surface area (Å²) in [6.07, 6.45) is 0. The Kier molecular flexibility index (Phi) is 3.86. The Morgan fingerprint density at radius 3 is 2.88 bits per heavy atom. The molecule has 0 aliphatic rings. The second-order valence-electron chi connectivity index (χ2n) is 5.60. The van der Waals surface area contributed by atoms with Crippen molar-refractivity contribution in [2.75, 3.05) is 5.75 Å². The fourth-order valence-corrected chi connectivity index (χ4v) is 4.68. The molecule has 3 aromatic heterocycles. The van der Waals surface area contributed by atoms with Crippen LogP contribution in [0.2, 0.25) is 0 Å². The first-order valence-corrected chi connectivity index (χ1v) is 9.45. The quantitative estimate of drug-likeness (QED) is 0.326. The average molecular weight is 353 g/mol. The Bertz CT molecular complexity index is 1060. The van der Waals surface area contributed by atoms with Gasteiger partial charge in [0.2, 0.25) is 0 Å². The second kappa shape index (κ2) is 6.03. The van der Waals surface area contributed by atoms with Crippen LogP contribution in [0.25, 0.3) is 21.1 Å². The van der Waals surface area contributed by atoms with E-state index in [1.54, 1.807) is 11.3 Å². The molecule has 0 spiro atoms. The molecule has 6 heteroatoms. The van der Waals surface area contributed by atoms with Gasteiger partial charge in [-0.2, -0.15) is 0 Å². The summed E-state index contributed by atoms with van der Waals surface area (Å²) in [6, 6.07) is 9.93. The van der Waals surface area contributed by atoms with E-state index in [4.69, 9.17) is 0 Å². The molecule has 4 aromatic rings. The zero-order valence-electron chi connectivity index (χ0n) is 13.3. The van der Waals surface area contributed by atoms with Crippen molar-refractivity contribution in [3.63, 3.8) is 0 Å². The summed E-state index contributed by atoms with van der Waals surface area (Å²) < 4.78 is 0. The van der Waals surface area contributed by atoms with E-state index in [0.717, 1.165) is 43.2 Å². The summed E-state index contributed by atoms with van der Waals surface area (Å²) in [4.78, 5) is 26.0. The molecule has 0 saturated heterocycles. The van der Waals surface area contributed by atoms with Gasteiger partial charge in [-0.25, -0.2) is 9.97 Å². The number of nitrogens with zero attached hydrogens (tertiary/aromatic N) is 2. The van der Waals surface area contributed by atoms with Crippen molar-refractivity contribution in [3.8, 4) is 0 Å². The Hall–Kier alpha value is -2.18. The van der Waals surface area contributed by atoms with Gasteiger partial charge in [0.15, 0.2) is 5.78 Å². The van der Waals surface area contributed by atoms with Gasteiger partial charge in [-0.05, 0) is 31.4 Å². The maximum absolute atomic E-state index is 12.8. The number of rotatable bonds is 4. The number of aromatic amines is 1. The number of ketones is 1. The summed E-state index contributed by atoms with van der Waals surface area (Å²) in [6.45, 7) is 3.83. The molecule has 0 bridgehead atoms. The highest BCUT2D eigenvalue weighted by Crippen LogP contribution is 2.30. The van der Waals surface area contributed by atoms with Crippen molar-refractivity contribution in [2.45, 2.75) is 18.9 Å². The largest absolute Gasteiger partial charge is 0.358 e. The van der Waals surface area contributed by atoms with Crippen LogP contribution in [-0.4, -0.2) is 26.5 Å². The van der Waals surface area contributed by atoms with E-state index >= 15 is 0 Å². The van der Waals surface area contributed by atoms with Gasteiger partial charge in [0, 0.05) is 27.5 Å². The first-order valence-electron chi connectivity index (χ1n) is 7.58. The van der Waals surface area contributed by atoms with Crippen molar-refractivity contribution in [1.29, 1.82) is 0 Å². The molecular weight excluding hydrogens is 338 g/mol. The highest BCUT2D eigenvalue weighted by Gasteiger charge is 2.17. The number of thioether (sulfide) groups is 1. The third kappa shape index (κ3) is 2.61. The summed E-state index contributed by atoms with van der Waals surface area (Å²) in [5.74, 6) is 1.22. The summed E-state index contributed by atoms with van der Waals surface area (Å²) in [5, 5.41) is 4.90. The third-order valence-electron chi connectivity index (χ3n) is 3.91. The molecule has 120 valence electrons. The maximum atomic E-state index is 12.8. The van der Waals surface area contributed by atoms with Crippen LogP contribution in [-0.2, 0) is 0 Å². The number of carbonyl (C=O) groups excluding carboxylic acids is 1. The molecule has 0 amide bonds. The van der Waals surface area contributed by atoms with Gasteiger partial charge < -0.3 is 4.98 Å². The number of fused-ring (bicyclic) bond motifs is 2. The first-order chi connectivity index (χ1) is 11.6. The number of benzene rings is 1. The van der Waals surface area contributed by atoms with E-state index < -0.39 is 0 Å². The van der Waals surface area contributed by atoms with Crippen LogP contribution in [0.1, 0.15) is 21.9 Å². The number of thiophene rings is 1. The summed E-state index contributed by atoms with van der Waals surface area (Å²) >= 11 is 3.08. The molecule has 24 heavy (non-hydrogen) atoms. The van der Waals surface area contributed by atoms with Crippen LogP contribution >= 0.6 is 23.1 Å². The van der Waals surface area contributed by atoms with Crippen molar-refractivity contribution < 1.29 is 4.79 Å². The Morgan fingerprint density at radius 2 is 2.00 bits per heavy atom. The molecule has 0 saturated carbocycles. The molecule has 0 fully saturated rings. The fourth-order valence-electron chi connectivity index (χ4n) is 2.88. The zero-order valence-corrected chi connectivity index (χ0v) is 14.9. The molecule has 0 radical (unpaired) electrons. The lowest BCUT2D eigenvalue weighted by molar-refractivity contribution is 0.102. The van der Waals surface area contributed by atoms with E-state index in [9.17, 15) is 4.79 Å². The molecule has 3 heterocycles. The van der Waals surface area contributed by atoms with Crippen LogP contribution in [0.3, 0.4) is 0 Å². The lowest BCUT2D eigenvalue weighted by Gasteiger charge is -2.04. The van der Waals surface area contributed by atoms with Gasteiger partial charge in [-0.3, -0.25) is 4.79 Å². The van der Waals surface area contributed by atoms with E-state index in [1.807, 2.05) is 49.6 Å². The van der Waals surface area contributed by atoms with E-state index in [1.165, 1.54) is 11.8 Å². The zero-order chi connectivity index (χ0) is 16.7. The number of aromatic nitrogens is 3. The highest BCUT2D eigenvalue weighted by atomic mass is 32.2. The molecular formula is C18H15N3OS2. The standard InChI is InChI=1S/C18H15N3OS2/c1-10-16(12-5-3-4-6-14(12)19-10)15(22)9-24-18-13-7-8-23-17(13)20-11(2)21-18/h3-8,19H,9H2,1-2H3.